The van der Waals surface area contributed by atoms with Gasteiger partial charge in [-0.2, -0.15) is 0 Å². The van der Waals surface area contributed by atoms with Crippen LogP contribution in [0.4, 0.5) is 0 Å². The summed E-state index contributed by atoms with van der Waals surface area (Å²) in [6.45, 7) is 6.43. The number of nitrogens with zero attached hydrogens (tertiary/aromatic N) is 1. The second-order valence-electron chi connectivity index (χ2n) is 6.27. The molecule has 1 aliphatic heterocycles. The van der Waals surface area contributed by atoms with Crippen LogP contribution in [-0.4, -0.2) is 49.2 Å². The van der Waals surface area contributed by atoms with Gasteiger partial charge in [-0.15, -0.1) is 0 Å². The third kappa shape index (κ3) is 6.80. The summed E-state index contributed by atoms with van der Waals surface area (Å²) in [4.78, 5) is 1.53. The van der Waals surface area contributed by atoms with Gasteiger partial charge in [-0.05, 0) is 37.5 Å². The zero-order chi connectivity index (χ0) is 13.6. The standard InChI is InChI=1S/C15H30NOS.H2O/c1-6-8-10-14(7-2)18-15(11-9-12-17-15)13-16(3,4)5;/h7H,6,8-13H2,1-5H3;1H2/q+1;/p-1. The van der Waals surface area contributed by atoms with Crippen LogP contribution in [0.1, 0.15) is 46.0 Å². The third-order valence-corrected chi connectivity index (χ3v) is 4.72. The van der Waals surface area contributed by atoms with Gasteiger partial charge in [0.25, 0.3) is 0 Å². The molecule has 0 aromatic rings. The van der Waals surface area contributed by atoms with Crippen molar-refractivity contribution < 1.29 is 14.7 Å². The van der Waals surface area contributed by atoms with E-state index in [1.165, 1.54) is 37.0 Å². The molecule has 0 aromatic heterocycles. The molecule has 1 rings (SSSR count). The van der Waals surface area contributed by atoms with Crippen LogP contribution in [0.3, 0.4) is 0 Å². The van der Waals surface area contributed by atoms with E-state index in [0.29, 0.717) is 0 Å². The second kappa shape index (κ2) is 8.30. The molecule has 114 valence electrons. The first-order chi connectivity index (χ1) is 8.41. The molecule has 1 atom stereocenters. The molecule has 1 fully saturated rings. The monoisotopic (exact) mass is 289 g/mol. The largest absolute Gasteiger partial charge is 0.870 e. The van der Waals surface area contributed by atoms with Gasteiger partial charge in [-0.3, -0.25) is 0 Å². The molecule has 0 aromatic carbocycles. The molecule has 1 N–H and O–H groups in total. The number of rotatable bonds is 7. The molecule has 0 spiro atoms. The van der Waals surface area contributed by atoms with E-state index in [9.17, 15) is 0 Å². The molecule has 1 aliphatic rings. The Balaban J connectivity index is 0.00000324. The highest BCUT2D eigenvalue weighted by Gasteiger charge is 2.41. The molecule has 0 amide bonds. The van der Waals surface area contributed by atoms with Crippen molar-refractivity contribution in [3.05, 3.63) is 11.0 Å². The van der Waals surface area contributed by atoms with Crippen LogP contribution in [0.25, 0.3) is 0 Å². The summed E-state index contributed by atoms with van der Waals surface area (Å²) in [6.07, 6.45) is 8.43. The minimum absolute atomic E-state index is 0. The summed E-state index contributed by atoms with van der Waals surface area (Å²) in [5.41, 5.74) is 0. The topological polar surface area (TPSA) is 39.2 Å². The number of unbranched alkanes of at least 4 members (excludes halogenated alkanes) is 1. The van der Waals surface area contributed by atoms with Gasteiger partial charge >= 0.3 is 0 Å². The van der Waals surface area contributed by atoms with Gasteiger partial charge in [0.2, 0.25) is 0 Å². The lowest BCUT2D eigenvalue weighted by Crippen LogP contribution is -2.47. The number of hydrogen-bond acceptors (Lipinski definition) is 3. The number of ether oxygens (including phenoxy) is 1. The van der Waals surface area contributed by atoms with Crippen molar-refractivity contribution in [3.8, 4) is 0 Å². The zero-order valence-corrected chi connectivity index (χ0v) is 14.1. The summed E-state index contributed by atoms with van der Waals surface area (Å²) >= 11 is 1.99. The van der Waals surface area contributed by atoms with Gasteiger partial charge in [-0.25, -0.2) is 0 Å². The van der Waals surface area contributed by atoms with E-state index in [2.05, 4.69) is 41.1 Å². The lowest BCUT2D eigenvalue weighted by Gasteiger charge is -2.36. The maximum absolute atomic E-state index is 6.14. The quantitative estimate of drug-likeness (QED) is 0.668. The Morgan fingerprint density at radius 1 is 1.37 bits per heavy atom. The first-order valence-corrected chi connectivity index (χ1v) is 8.01. The van der Waals surface area contributed by atoms with Gasteiger partial charge in [0, 0.05) is 6.61 Å². The molecule has 0 radical (unpaired) electrons. The van der Waals surface area contributed by atoms with Crippen molar-refractivity contribution in [2.45, 2.75) is 50.9 Å². The molecule has 19 heavy (non-hydrogen) atoms. The number of hydrogen-bond donors (Lipinski definition) is 0. The smallest absolute Gasteiger partial charge is 0.166 e. The summed E-state index contributed by atoms with van der Waals surface area (Å²) in [6, 6.07) is 0. The number of thioether (sulfide) groups is 1. The molecule has 1 unspecified atom stereocenters. The van der Waals surface area contributed by atoms with Gasteiger partial charge in [0.1, 0.15) is 6.54 Å². The number of quaternary nitrogens is 1. The number of likely N-dealkylation sites (N-methyl/N-ethyl adjacent to an activating group) is 1. The first kappa shape index (κ1) is 19.0. The molecular weight excluding hydrogens is 258 g/mol. The highest BCUT2D eigenvalue weighted by atomic mass is 32.2. The fourth-order valence-electron chi connectivity index (χ4n) is 2.48. The highest BCUT2D eigenvalue weighted by molar-refractivity contribution is 8.04. The predicted molar refractivity (Wildman–Crippen MR) is 83.6 cm³/mol. The van der Waals surface area contributed by atoms with E-state index in [-0.39, 0.29) is 10.4 Å². The van der Waals surface area contributed by atoms with E-state index in [4.69, 9.17) is 4.74 Å². The normalized spacial score (nSPS) is 24.4. The molecule has 0 bridgehead atoms. The predicted octanol–water partition coefficient (Wildman–Crippen LogP) is 3.85. The van der Waals surface area contributed by atoms with E-state index in [1.807, 2.05) is 11.8 Å². The lowest BCUT2D eigenvalue weighted by atomic mass is 10.2. The Morgan fingerprint density at radius 2 is 2.05 bits per heavy atom. The Hall–Kier alpha value is -0.0300. The van der Waals surface area contributed by atoms with Crippen molar-refractivity contribution in [3.63, 3.8) is 0 Å². The van der Waals surface area contributed by atoms with E-state index in [1.54, 1.807) is 0 Å². The minimum atomic E-state index is 0. The molecule has 4 heteroatoms. The third-order valence-electron chi connectivity index (χ3n) is 3.20. The van der Waals surface area contributed by atoms with Crippen LogP contribution >= 0.6 is 11.8 Å². The Labute approximate surface area is 123 Å². The fourth-order valence-corrected chi connectivity index (χ4v) is 4.16. The highest BCUT2D eigenvalue weighted by Crippen LogP contribution is 2.43. The summed E-state index contributed by atoms with van der Waals surface area (Å²) < 4.78 is 7.11. The molecule has 1 saturated heterocycles. The van der Waals surface area contributed by atoms with E-state index in [0.717, 1.165) is 17.6 Å². The number of allylic oxidation sites excluding steroid dienone is 2. The summed E-state index contributed by atoms with van der Waals surface area (Å²) in [5.74, 6) is 0. The van der Waals surface area contributed by atoms with Crippen LogP contribution < -0.4 is 0 Å². The average molecular weight is 289 g/mol. The van der Waals surface area contributed by atoms with Gasteiger partial charge < -0.3 is 14.7 Å². The fraction of sp³-hybridized carbons (Fsp3) is 0.867. The average Bonchev–Trinajstić information content (AvgIpc) is 2.70. The Kier molecular flexibility index (Phi) is 8.29. The van der Waals surface area contributed by atoms with Gasteiger partial charge in [-0.1, -0.05) is 31.2 Å². The van der Waals surface area contributed by atoms with Crippen LogP contribution in [0.5, 0.6) is 0 Å². The second-order valence-corrected chi connectivity index (χ2v) is 7.74. The van der Waals surface area contributed by atoms with E-state index < -0.39 is 0 Å². The molecule has 1 heterocycles. The van der Waals surface area contributed by atoms with Crippen molar-refractivity contribution in [2.24, 2.45) is 0 Å². The SMILES string of the molecule is CC=C(CCCC)SC1(C[N+](C)(C)C)CCCO1.[OH-]. The molecule has 0 aliphatic carbocycles. The first-order valence-electron chi connectivity index (χ1n) is 7.19. The van der Waals surface area contributed by atoms with Gasteiger partial charge in [0.15, 0.2) is 4.93 Å². The van der Waals surface area contributed by atoms with E-state index >= 15 is 0 Å². The van der Waals surface area contributed by atoms with Crippen molar-refractivity contribution >= 4 is 11.8 Å². The van der Waals surface area contributed by atoms with Crippen LogP contribution in [-0.2, 0) is 4.74 Å². The summed E-state index contributed by atoms with van der Waals surface area (Å²) in [7, 11) is 6.77. The van der Waals surface area contributed by atoms with Crippen LogP contribution in [0, 0.1) is 0 Å². The zero-order valence-electron chi connectivity index (χ0n) is 13.2. The van der Waals surface area contributed by atoms with Crippen molar-refractivity contribution in [1.29, 1.82) is 0 Å². The van der Waals surface area contributed by atoms with Crippen LogP contribution in [0.2, 0.25) is 0 Å². The maximum Gasteiger partial charge on any atom is 0.166 e. The van der Waals surface area contributed by atoms with Gasteiger partial charge in [0.05, 0.1) is 21.1 Å². The minimum Gasteiger partial charge on any atom is -0.870 e. The molecular formula is C15H31NO2S. The van der Waals surface area contributed by atoms with Crippen molar-refractivity contribution in [2.75, 3.05) is 34.3 Å². The lowest BCUT2D eigenvalue weighted by molar-refractivity contribution is -0.874. The Morgan fingerprint density at radius 3 is 2.47 bits per heavy atom. The Bertz CT molecular complexity index is 278. The maximum atomic E-state index is 6.14. The molecule has 0 saturated carbocycles. The summed E-state index contributed by atoms with van der Waals surface area (Å²) in [5, 5.41) is 0. The molecule has 3 nitrogen and oxygen atoms in total. The van der Waals surface area contributed by atoms with Crippen molar-refractivity contribution in [1.82, 2.24) is 0 Å². The van der Waals surface area contributed by atoms with Crippen LogP contribution in [0.15, 0.2) is 11.0 Å².